The summed E-state index contributed by atoms with van der Waals surface area (Å²) in [5.74, 6) is 0. The molecular weight excluding hydrogens is 346 g/mol. The van der Waals surface area contributed by atoms with Crippen molar-refractivity contribution in [1.29, 1.82) is 0 Å². The number of hydrogen-bond acceptors (Lipinski definition) is 5. The largest absolute Gasteiger partial charge is 0.314 e. The molecule has 5 nitrogen and oxygen atoms in total. The van der Waals surface area contributed by atoms with Gasteiger partial charge >= 0.3 is 0 Å². The summed E-state index contributed by atoms with van der Waals surface area (Å²) in [5, 5.41) is 3.69. The first kappa shape index (κ1) is 27.8. The van der Waals surface area contributed by atoms with Gasteiger partial charge in [0.1, 0.15) is 0 Å². The molecule has 0 aliphatic carbocycles. The number of likely N-dealkylation sites (N-methyl/N-ethyl adjacent to an activating group) is 2. The summed E-state index contributed by atoms with van der Waals surface area (Å²) in [6.07, 6.45) is 0. The molecule has 0 rings (SSSR count). The molecule has 172 valence electrons. The molecule has 0 saturated heterocycles. The molecule has 0 aromatic heterocycles. The number of hydrogen-bond donors (Lipinski definition) is 1. The molecule has 0 atom stereocenters. The second-order valence-corrected chi connectivity index (χ2v) is 8.76. The number of nitrogens with zero attached hydrogens (tertiary/aromatic N) is 4. The van der Waals surface area contributed by atoms with Crippen LogP contribution < -0.4 is 5.32 Å². The molecule has 0 amide bonds. The van der Waals surface area contributed by atoms with Crippen LogP contribution in [0.5, 0.6) is 0 Å². The Labute approximate surface area is 179 Å². The summed E-state index contributed by atoms with van der Waals surface area (Å²) < 4.78 is 0. The van der Waals surface area contributed by atoms with E-state index < -0.39 is 0 Å². The summed E-state index contributed by atoms with van der Waals surface area (Å²) in [6.45, 7) is 33.2. The lowest BCUT2D eigenvalue weighted by atomic mass is 10.2. The van der Waals surface area contributed by atoms with Gasteiger partial charge in [-0.3, -0.25) is 14.7 Å². The third-order valence-corrected chi connectivity index (χ3v) is 6.02. The molecule has 0 aliphatic rings. The summed E-state index contributed by atoms with van der Waals surface area (Å²) in [7, 11) is 0. The summed E-state index contributed by atoms with van der Waals surface area (Å²) in [4.78, 5) is 10.3. The van der Waals surface area contributed by atoms with Gasteiger partial charge in [-0.05, 0) is 61.2 Å². The highest BCUT2D eigenvalue weighted by Crippen LogP contribution is 2.02. The molecule has 5 heteroatoms. The topological polar surface area (TPSA) is 25.0 Å². The van der Waals surface area contributed by atoms with Crippen LogP contribution >= 0.6 is 0 Å². The molecule has 0 aromatic carbocycles. The summed E-state index contributed by atoms with van der Waals surface area (Å²) >= 11 is 0. The van der Waals surface area contributed by atoms with E-state index >= 15 is 0 Å². The van der Waals surface area contributed by atoms with E-state index in [2.05, 4.69) is 87.2 Å². The first-order chi connectivity index (χ1) is 13.3. The Balaban J connectivity index is 0. The highest BCUT2D eigenvalue weighted by molar-refractivity contribution is 4.71. The third kappa shape index (κ3) is 12.4. The average Bonchev–Trinajstić information content (AvgIpc) is 2.64. The Morgan fingerprint density at radius 3 is 1.29 bits per heavy atom. The molecule has 0 aliphatic heterocycles. The van der Waals surface area contributed by atoms with Crippen molar-refractivity contribution in [2.45, 2.75) is 80.4 Å². The van der Waals surface area contributed by atoms with Gasteiger partial charge in [0.25, 0.3) is 0 Å². The predicted molar refractivity (Wildman–Crippen MR) is 129 cm³/mol. The smallest absolute Gasteiger partial charge is 0.0113 e. The molecule has 0 radical (unpaired) electrons. The predicted octanol–water partition coefficient (Wildman–Crippen LogP) is 3.31. The Morgan fingerprint density at radius 2 is 0.929 bits per heavy atom. The van der Waals surface area contributed by atoms with E-state index in [9.17, 15) is 0 Å². The zero-order valence-electron chi connectivity index (χ0n) is 20.8. The Kier molecular flexibility index (Phi) is 16.5. The molecular formula is C23H55N5. The van der Waals surface area contributed by atoms with Crippen LogP contribution in [0.15, 0.2) is 0 Å². The van der Waals surface area contributed by atoms with Gasteiger partial charge in [-0.25, -0.2) is 0 Å². The van der Waals surface area contributed by atoms with Crippen LogP contribution in [-0.2, 0) is 0 Å². The van der Waals surface area contributed by atoms with Crippen LogP contribution in [0.4, 0.5) is 0 Å². The van der Waals surface area contributed by atoms with E-state index in [1.165, 1.54) is 19.6 Å². The van der Waals surface area contributed by atoms with Crippen molar-refractivity contribution < 1.29 is 1.43 Å². The van der Waals surface area contributed by atoms with Crippen LogP contribution in [0.25, 0.3) is 0 Å². The molecule has 0 spiro atoms. The quantitative estimate of drug-likeness (QED) is 0.355. The Hall–Kier alpha value is -0.200. The van der Waals surface area contributed by atoms with Gasteiger partial charge in [0, 0.05) is 71.9 Å². The van der Waals surface area contributed by atoms with Gasteiger partial charge in [0.05, 0.1) is 0 Å². The van der Waals surface area contributed by atoms with Gasteiger partial charge in [-0.15, -0.1) is 0 Å². The molecule has 1 N–H and O–H groups in total. The maximum atomic E-state index is 3.69. The molecule has 0 saturated carbocycles. The van der Waals surface area contributed by atoms with Gasteiger partial charge < -0.3 is 10.2 Å². The van der Waals surface area contributed by atoms with Gasteiger partial charge in [-0.2, -0.15) is 0 Å². The fraction of sp³-hybridized carbons (Fsp3) is 1.00. The standard InChI is InChI=1S/C23H53N5.H2/c1-10-25(11-2)17-18-27(22(6)7)15-13-24-14-16-28(23(8)9)20-19-26(12-3)21(4)5;/h21-24H,10-20H2,1-9H3;1H. The van der Waals surface area contributed by atoms with Crippen LogP contribution in [0.1, 0.15) is 63.7 Å². The van der Waals surface area contributed by atoms with E-state index in [-0.39, 0.29) is 1.43 Å². The SMILES string of the molecule is CCN(CC)CCN(CCNCCN(CCN(CC)C(C)C)C(C)C)C(C)C.[HH]. The number of nitrogens with one attached hydrogen (secondary N) is 1. The van der Waals surface area contributed by atoms with Crippen LogP contribution in [0.2, 0.25) is 0 Å². The lowest BCUT2D eigenvalue weighted by Gasteiger charge is -2.32. The molecule has 0 heterocycles. The normalized spacial score (nSPS) is 12.9. The summed E-state index contributed by atoms with van der Waals surface area (Å²) in [6, 6.07) is 1.85. The van der Waals surface area contributed by atoms with Crippen molar-refractivity contribution in [3.8, 4) is 0 Å². The fourth-order valence-electron chi connectivity index (χ4n) is 3.67. The first-order valence-electron chi connectivity index (χ1n) is 11.9. The van der Waals surface area contributed by atoms with Gasteiger partial charge in [0.2, 0.25) is 0 Å². The van der Waals surface area contributed by atoms with E-state index in [1.807, 2.05) is 0 Å². The minimum absolute atomic E-state index is 0. The van der Waals surface area contributed by atoms with Crippen molar-refractivity contribution in [2.24, 2.45) is 0 Å². The lowest BCUT2D eigenvalue weighted by molar-refractivity contribution is 0.157. The first-order valence-corrected chi connectivity index (χ1v) is 11.9. The van der Waals surface area contributed by atoms with E-state index in [0.717, 1.165) is 52.4 Å². The average molecular weight is 402 g/mol. The van der Waals surface area contributed by atoms with E-state index in [4.69, 9.17) is 0 Å². The van der Waals surface area contributed by atoms with Crippen molar-refractivity contribution in [3.63, 3.8) is 0 Å². The highest BCUT2D eigenvalue weighted by atomic mass is 15.2. The minimum atomic E-state index is 0. The zero-order chi connectivity index (χ0) is 21.5. The second-order valence-electron chi connectivity index (χ2n) is 8.76. The van der Waals surface area contributed by atoms with Crippen molar-refractivity contribution >= 4 is 0 Å². The Bertz CT molecular complexity index is 348. The molecule has 0 unspecified atom stereocenters. The minimum Gasteiger partial charge on any atom is -0.314 e. The monoisotopic (exact) mass is 401 g/mol. The molecule has 0 bridgehead atoms. The van der Waals surface area contributed by atoms with Crippen molar-refractivity contribution in [2.75, 3.05) is 72.0 Å². The van der Waals surface area contributed by atoms with Gasteiger partial charge in [0.15, 0.2) is 0 Å². The maximum absolute atomic E-state index is 3.69. The van der Waals surface area contributed by atoms with Crippen molar-refractivity contribution in [1.82, 2.24) is 24.9 Å². The Morgan fingerprint density at radius 1 is 0.536 bits per heavy atom. The van der Waals surface area contributed by atoms with Crippen LogP contribution in [-0.4, -0.2) is 110 Å². The second kappa shape index (κ2) is 16.6. The molecule has 0 fully saturated rings. The number of rotatable bonds is 18. The summed E-state index contributed by atoms with van der Waals surface area (Å²) in [5.41, 5.74) is 0. The fourth-order valence-corrected chi connectivity index (χ4v) is 3.67. The van der Waals surface area contributed by atoms with E-state index in [1.54, 1.807) is 0 Å². The zero-order valence-corrected chi connectivity index (χ0v) is 20.8. The van der Waals surface area contributed by atoms with Gasteiger partial charge in [-0.1, -0.05) is 20.8 Å². The molecule has 0 aromatic rings. The van der Waals surface area contributed by atoms with E-state index in [0.29, 0.717) is 18.1 Å². The third-order valence-electron chi connectivity index (χ3n) is 6.02. The maximum Gasteiger partial charge on any atom is 0.0113 e. The van der Waals surface area contributed by atoms with Crippen LogP contribution in [0, 0.1) is 0 Å². The van der Waals surface area contributed by atoms with Crippen LogP contribution in [0.3, 0.4) is 0 Å². The lowest BCUT2D eigenvalue weighted by Crippen LogP contribution is -2.45. The highest BCUT2D eigenvalue weighted by Gasteiger charge is 2.13. The van der Waals surface area contributed by atoms with Crippen molar-refractivity contribution in [3.05, 3.63) is 0 Å². The molecule has 28 heavy (non-hydrogen) atoms.